The molecule has 3 rings (SSSR count). The summed E-state index contributed by atoms with van der Waals surface area (Å²) in [6.07, 6.45) is 2.31. The van der Waals surface area contributed by atoms with Crippen LogP contribution in [0.25, 0.3) is 22.1 Å². The molecule has 2 aromatic carbocycles. The summed E-state index contributed by atoms with van der Waals surface area (Å²) in [7, 11) is 0. The van der Waals surface area contributed by atoms with Crippen LogP contribution in [0.2, 0.25) is 0 Å². The molecule has 0 aliphatic carbocycles. The monoisotopic (exact) mass is 281 g/mol. The van der Waals surface area contributed by atoms with Crippen LogP contribution in [0.1, 0.15) is 25.0 Å². The predicted molar refractivity (Wildman–Crippen MR) is 86.1 cm³/mol. The van der Waals surface area contributed by atoms with Gasteiger partial charge in [0.15, 0.2) is 0 Å². The van der Waals surface area contributed by atoms with Gasteiger partial charge in [0.05, 0.1) is 22.1 Å². The summed E-state index contributed by atoms with van der Waals surface area (Å²) in [5, 5.41) is 0. The Labute approximate surface area is 124 Å². The van der Waals surface area contributed by atoms with Crippen LogP contribution in [0.15, 0.2) is 36.4 Å². The van der Waals surface area contributed by atoms with Crippen molar-refractivity contribution in [2.24, 2.45) is 5.73 Å². The molecule has 1 heterocycles. The van der Waals surface area contributed by atoms with Gasteiger partial charge in [0, 0.05) is 0 Å². The number of carbonyl (C=O) groups is 1. The zero-order valence-corrected chi connectivity index (χ0v) is 12.3. The number of rotatable bonds is 2. The second-order valence-electron chi connectivity index (χ2n) is 4.63. The number of aryl methyl sites for hydroxylation is 2. The van der Waals surface area contributed by atoms with Crippen molar-refractivity contribution in [3.05, 3.63) is 47.5 Å². The molecule has 0 bridgehead atoms. The van der Waals surface area contributed by atoms with E-state index in [0.29, 0.717) is 0 Å². The highest BCUT2D eigenvalue weighted by Crippen LogP contribution is 2.23. The fourth-order valence-electron chi connectivity index (χ4n) is 2.51. The lowest BCUT2D eigenvalue weighted by Crippen LogP contribution is -1.97. The molecule has 0 saturated carbocycles. The first kappa shape index (κ1) is 14.9. The van der Waals surface area contributed by atoms with Crippen LogP contribution in [0, 0.1) is 0 Å². The average Bonchev–Trinajstić information content (AvgIpc) is 2.52. The summed E-state index contributed by atoms with van der Waals surface area (Å²) in [4.78, 5) is 18.1. The largest absolute Gasteiger partial charge is 0.372 e. The number of fused-ring (bicyclic) bond motifs is 2. The molecular weight excluding hydrogens is 262 g/mol. The fraction of sp³-hybridized carbons (Fsp3) is 0.235. The number of para-hydroxylation sites is 2. The molecule has 2 N–H and O–H groups in total. The van der Waals surface area contributed by atoms with Crippen molar-refractivity contribution in [1.29, 1.82) is 0 Å². The number of primary amides is 1. The molecule has 0 spiro atoms. The van der Waals surface area contributed by atoms with Gasteiger partial charge in [-0.3, -0.25) is 4.79 Å². The molecule has 0 fully saturated rings. The van der Waals surface area contributed by atoms with E-state index in [1.54, 1.807) is 0 Å². The first-order valence-electron chi connectivity index (χ1n) is 7.07. The van der Waals surface area contributed by atoms with Crippen molar-refractivity contribution in [3.63, 3.8) is 0 Å². The van der Waals surface area contributed by atoms with Crippen LogP contribution >= 0.6 is 0 Å². The Bertz CT molecular complexity index is 768. The Kier molecular flexibility index (Phi) is 4.82. The summed E-state index contributed by atoms with van der Waals surface area (Å²) in [6.45, 7) is 4.37. The van der Waals surface area contributed by atoms with Gasteiger partial charge in [0.1, 0.15) is 0 Å². The molecule has 0 aliphatic heterocycles. The lowest BCUT2D eigenvalue weighted by atomic mass is 10.0. The van der Waals surface area contributed by atoms with E-state index in [9.17, 15) is 0 Å². The zero-order chi connectivity index (χ0) is 15.2. The molecule has 3 aromatic rings. The standard InChI is InChI=1S/C16H16N2.CH3NO/c1-3-11-9-10-15-16(12(11)4-2)18-14-8-6-5-7-13(14)17-15;2-1-3/h5-10H,3-4H2,1-2H3;1H,(H2,2,3). The lowest BCUT2D eigenvalue weighted by molar-refractivity contribution is -0.106. The summed E-state index contributed by atoms with van der Waals surface area (Å²) >= 11 is 0. The first-order chi connectivity index (χ1) is 10.2. The first-order valence-corrected chi connectivity index (χ1v) is 7.07. The highest BCUT2D eigenvalue weighted by molar-refractivity contribution is 5.88. The van der Waals surface area contributed by atoms with Crippen LogP contribution < -0.4 is 5.73 Å². The number of aromatic nitrogens is 2. The Hall–Kier alpha value is -2.49. The SMILES string of the molecule is CCc1ccc2nc3ccccc3nc2c1CC.NC=O. The van der Waals surface area contributed by atoms with Gasteiger partial charge in [-0.15, -0.1) is 0 Å². The molecule has 4 nitrogen and oxygen atoms in total. The van der Waals surface area contributed by atoms with Crippen molar-refractivity contribution in [2.45, 2.75) is 26.7 Å². The number of carbonyl (C=O) groups excluding carboxylic acids is 1. The lowest BCUT2D eigenvalue weighted by Gasteiger charge is -2.09. The molecule has 1 amide bonds. The molecule has 0 saturated heterocycles. The van der Waals surface area contributed by atoms with Crippen molar-refractivity contribution in [2.75, 3.05) is 0 Å². The number of amides is 1. The number of hydrogen-bond acceptors (Lipinski definition) is 3. The van der Waals surface area contributed by atoms with Crippen molar-refractivity contribution in [3.8, 4) is 0 Å². The second-order valence-corrected chi connectivity index (χ2v) is 4.63. The summed E-state index contributed by atoms with van der Waals surface area (Å²) < 4.78 is 0. The summed E-state index contributed by atoms with van der Waals surface area (Å²) in [5.74, 6) is 0. The Morgan fingerprint density at radius 2 is 1.57 bits per heavy atom. The maximum Gasteiger partial charge on any atom is 0.204 e. The molecule has 21 heavy (non-hydrogen) atoms. The normalized spacial score (nSPS) is 10.2. The van der Waals surface area contributed by atoms with Gasteiger partial charge in [-0.05, 0) is 42.2 Å². The quantitative estimate of drug-likeness (QED) is 0.580. The van der Waals surface area contributed by atoms with Gasteiger partial charge in [-0.25, -0.2) is 9.97 Å². The van der Waals surface area contributed by atoms with Gasteiger partial charge >= 0.3 is 0 Å². The highest BCUT2D eigenvalue weighted by Gasteiger charge is 2.08. The molecule has 1 aromatic heterocycles. The Morgan fingerprint density at radius 3 is 2.14 bits per heavy atom. The van der Waals surface area contributed by atoms with E-state index in [1.807, 2.05) is 24.3 Å². The maximum absolute atomic E-state index is 8.58. The topological polar surface area (TPSA) is 68.9 Å². The van der Waals surface area contributed by atoms with Crippen LogP contribution in [0.4, 0.5) is 0 Å². The third-order valence-electron chi connectivity index (χ3n) is 3.45. The molecule has 0 atom stereocenters. The van der Waals surface area contributed by atoms with Crippen LogP contribution in [0.5, 0.6) is 0 Å². The number of nitrogens with zero attached hydrogens (tertiary/aromatic N) is 2. The second kappa shape index (κ2) is 6.79. The highest BCUT2D eigenvalue weighted by atomic mass is 16.1. The van der Waals surface area contributed by atoms with E-state index in [1.165, 1.54) is 11.1 Å². The predicted octanol–water partition coefficient (Wildman–Crippen LogP) is 3.01. The minimum absolute atomic E-state index is 0.250. The van der Waals surface area contributed by atoms with Gasteiger partial charge in [-0.1, -0.05) is 32.0 Å². The van der Waals surface area contributed by atoms with E-state index < -0.39 is 0 Å². The molecule has 0 radical (unpaired) electrons. The Balaban J connectivity index is 0.000000497. The van der Waals surface area contributed by atoms with Crippen LogP contribution in [0.3, 0.4) is 0 Å². The third kappa shape index (κ3) is 2.99. The van der Waals surface area contributed by atoms with Crippen LogP contribution in [-0.4, -0.2) is 16.4 Å². The molecule has 108 valence electrons. The van der Waals surface area contributed by atoms with E-state index in [-0.39, 0.29) is 6.41 Å². The third-order valence-corrected chi connectivity index (χ3v) is 3.45. The van der Waals surface area contributed by atoms with Crippen molar-refractivity contribution in [1.82, 2.24) is 9.97 Å². The summed E-state index contributed by atoms with van der Waals surface area (Å²) in [6, 6.07) is 12.3. The molecule has 4 heteroatoms. The van der Waals surface area contributed by atoms with Gasteiger partial charge in [0.2, 0.25) is 6.41 Å². The summed E-state index contributed by atoms with van der Waals surface area (Å²) in [5.41, 5.74) is 10.9. The van der Waals surface area contributed by atoms with E-state index in [0.717, 1.165) is 34.9 Å². The van der Waals surface area contributed by atoms with Crippen molar-refractivity contribution >= 4 is 28.5 Å². The van der Waals surface area contributed by atoms with Gasteiger partial charge in [-0.2, -0.15) is 0 Å². The zero-order valence-electron chi connectivity index (χ0n) is 12.3. The smallest absolute Gasteiger partial charge is 0.204 e. The maximum atomic E-state index is 8.58. The van der Waals surface area contributed by atoms with Crippen molar-refractivity contribution < 1.29 is 4.79 Å². The molecule has 0 unspecified atom stereocenters. The number of hydrogen-bond donors (Lipinski definition) is 1. The minimum atomic E-state index is 0.250. The fourth-order valence-corrected chi connectivity index (χ4v) is 2.51. The van der Waals surface area contributed by atoms with Crippen LogP contribution in [-0.2, 0) is 17.6 Å². The Morgan fingerprint density at radius 1 is 0.952 bits per heavy atom. The number of nitrogens with two attached hydrogens (primary N) is 1. The number of benzene rings is 2. The van der Waals surface area contributed by atoms with E-state index in [4.69, 9.17) is 14.8 Å². The van der Waals surface area contributed by atoms with Gasteiger partial charge in [0.25, 0.3) is 0 Å². The van der Waals surface area contributed by atoms with E-state index in [2.05, 4.69) is 31.7 Å². The average molecular weight is 281 g/mol. The van der Waals surface area contributed by atoms with E-state index >= 15 is 0 Å². The minimum Gasteiger partial charge on any atom is -0.372 e. The van der Waals surface area contributed by atoms with Gasteiger partial charge < -0.3 is 5.73 Å². The molecular formula is C17H19N3O. The molecule has 0 aliphatic rings.